The molecule has 0 heterocycles. The molecule has 0 saturated heterocycles. The number of rotatable bonds is 5. The van der Waals surface area contributed by atoms with E-state index in [1.165, 1.54) is 44.1 Å². The van der Waals surface area contributed by atoms with Gasteiger partial charge in [-0.3, -0.25) is 4.79 Å². The third-order valence-corrected chi connectivity index (χ3v) is 10.3. The van der Waals surface area contributed by atoms with Gasteiger partial charge in [0, 0.05) is 0 Å². The zero-order valence-electron chi connectivity index (χ0n) is 20.6. The second kappa shape index (κ2) is 8.36. The minimum absolute atomic E-state index is 0.0884. The van der Waals surface area contributed by atoms with Gasteiger partial charge in [-0.15, -0.1) is 0 Å². The Kier molecular flexibility index (Phi) is 6.22. The maximum absolute atomic E-state index is 12.4. The maximum atomic E-state index is 12.4. The Hall–Kier alpha value is -1.09. The molecular weight excluding hydrogens is 382 g/mol. The Labute approximate surface area is 190 Å². The molecule has 3 fully saturated rings. The fourth-order valence-corrected chi connectivity index (χ4v) is 8.21. The second-order valence-electron chi connectivity index (χ2n) is 12.0. The van der Waals surface area contributed by atoms with Crippen molar-refractivity contribution in [3.63, 3.8) is 0 Å². The Morgan fingerprint density at radius 3 is 2.58 bits per heavy atom. The SMILES string of the molecule is C=C(CC)C1CCC2C3CCC4=C[C@@H](OC(=O)C(N)C(C)C)CCC4(C)C3CCC12C. The van der Waals surface area contributed by atoms with E-state index in [1.807, 2.05) is 13.8 Å². The van der Waals surface area contributed by atoms with E-state index in [-0.39, 0.29) is 23.4 Å². The fourth-order valence-electron chi connectivity index (χ4n) is 8.21. The van der Waals surface area contributed by atoms with Gasteiger partial charge < -0.3 is 10.5 Å². The van der Waals surface area contributed by atoms with Crippen LogP contribution in [0.5, 0.6) is 0 Å². The Balaban J connectivity index is 1.50. The lowest BCUT2D eigenvalue weighted by atomic mass is 9.46. The molecule has 0 aromatic rings. The van der Waals surface area contributed by atoms with Crippen LogP contribution in [0.2, 0.25) is 0 Å². The van der Waals surface area contributed by atoms with Crippen molar-refractivity contribution >= 4 is 5.97 Å². The summed E-state index contributed by atoms with van der Waals surface area (Å²) < 4.78 is 5.83. The van der Waals surface area contributed by atoms with Crippen molar-refractivity contribution in [1.29, 1.82) is 0 Å². The smallest absolute Gasteiger partial charge is 0.323 e. The van der Waals surface area contributed by atoms with Crippen LogP contribution in [0.1, 0.15) is 92.4 Å². The summed E-state index contributed by atoms with van der Waals surface area (Å²) in [5.74, 6) is 3.10. The first kappa shape index (κ1) is 23.1. The van der Waals surface area contributed by atoms with Gasteiger partial charge in [0.25, 0.3) is 0 Å². The average Bonchev–Trinajstić information content (AvgIpc) is 3.10. The molecule has 31 heavy (non-hydrogen) atoms. The molecule has 0 bridgehead atoms. The molecule has 3 heteroatoms. The third kappa shape index (κ3) is 3.73. The standard InChI is InChI=1S/C28H45NO2/c1-7-18(4)22-10-11-23-21-9-8-19-16-20(31-26(30)25(29)17(2)3)12-14-27(19,5)24(21)13-15-28(22,23)6/h16-17,20-25H,4,7-15,29H2,1-3,5-6H3/t20-,21?,22?,23?,24?,25?,27?,28?/m0/s1. The average molecular weight is 428 g/mol. The first-order chi connectivity index (χ1) is 14.6. The number of carbonyl (C=O) groups is 1. The van der Waals surface area contributed by atoms with Gasteiger partial charge in [0.05, 0.1) is 0 Å². The molecule has 3 saturated carbocycles. The molecule has 3 nitrogen and oxygen atoms in total. The number of nitrogens with two attached hydrogens (primary N) is 1. The molecule has 2 N–H and O–H groups in total. The predicted molar refractivity (Wildman–Crippen MR) is 127 cm³/mol. The van der Waals surface area contributed by atoms with Crippen LogP contribution in [0.4, 0.5) is 0 Å². The topological polar surface area (TPSA) is 52.3 Å². The van der Waals surface area contributed by atoms with E-state index >= 15 is 0 Å². The van der Waals surface area contributed by atoms with Crippen LogP contribution in [0.15, 0.2) is 23.8 Å². The predicted octanol–water partition coefficient (Wildman–Crippen LogP) is 6.43. The first-order valence-electron chi connectivity index (χ1n) is 13.0. The van der Waals surface area contributed by atoms with Crippen molar-refractivity contribution < 1.29 is 9.53 Å². The highest BCUT2D eigenvalue weighted by atomic mass is 16.5. The molecule has 4 aliphatic carbocycles. The fraction of sp³-hybridized carbons (Fsp3) is 0.821. The highest BCUT2D eigenvalue weighted by molar-refractivity contribution is 5.76. The summed E-state index contributed by atoms with van der Waals surface area (Å²) in [6.07, 6.45) is 13.4. The number of fused-ring (bicyclic) bond motifs is 5. The van der Waals surface area contributed by atoms with E-state index < -0.39 is 6.04 Å². The zero-order chi connectivity index (χ0) is 22.6. The van der Waals surface area contributed by atoms with Gasteiger partial charge in [-0.05, 0) is 104 Å². The van der Waals surface area contributed by atoms with Gasteiger partial charge in [-0.1, -0.05) is 52.3 Å². The van der Waals surface area contributed by atoms with Gasteiger partial charge in [-0.2, -0.15) is 0 Å². The monoisotopic (exact) mass is 427 g/mol. The normalized spacial score (nSPS) is 42.8. The maximum Gasteiger partial charge on any atom is 0.323 e. The molecule has 4 rings (SSSR count). The highest BCUT2D eigenvalue weighted by Gasteiger charge is 2.59. The third-order valence-electron chi connectivity index (χ3n) is 10.3. The summed E-state index contributed by atoms with van der Waals surface area (Å²) in [4.78, 5) is 12.4. The molecule has 174 valence electrons. The molecular formula is C28H45NO2. The van der Waals surface area contributed by atoms with Crippen LogP contribution < -0.4 is 5.73 Å². The quantitative estimate of drug-likeness (QED) is 0.406. The Bertz CT molecular complexity index is 754. The molecule has 0 radical (unpaired) electrons. The molecule has 7 unspecified atom stereocenters. The van der Waals surface area contributed by atoms with Crippen LogP contribution in [0.25, 0.3) is 0 Å². The van der Waals surface area contributed by atoms with Crippen molar-refractivity contribution in [2.45, 2.75) is 105 Å². The molecule has 0 aliphatic heterocycles. The van der Waals surface area contributed by atoms with Crippen LogP contribution in [0, 0.1) is 40.4 Å². The van der Waals surface area contributed by atoms with Crippen molar-refractivity contribution in [3.8, 4) is 0 Å². The summed E-state index contributed by atoms with van der Waals surface area (Å²) >= 11 is 0. The first-order valence-corrected chi connectivity index (χ1v) is 13.0. The van der Waals surface area contributed by atoms with Gasteiger partial charge in [0.1, 0.15) is 12.1 Å². The van der Waals surface area contributed by atoms with E-state index in [4.69, 9.17) is 10.5 Å². The number of ether oxygens (including phenoxy) is 1. The highest BCUT2D eigenvalue weighted by Crippen LogP contribution is 2.67. The number of hydrogen-bond acceptors (Lipinski definition) is 3. The van der Waals surface area contributed by atoms with Gasteiger partial charge in [0.15, 0.2) is 0 Å². The van der Waals surface area contributed by atoms with Gasteiger partial charge in [-0.25, -0.2) is 0 Å². The summed E-state index contributed by atoms with van der Waals surface area (Å²) in [5.41, 5.74) is 9.83. The summed E-state index contributed by atoms with van der Waals surface area (Å²) in [6, 6.07) is -0.522. The van der Waals surface area contributed by atoms with Crippen LogP contribution in [-0.4, -0.2) is 18.1 Å². The Morgan fingerprint density at radius 2 is 1.90 bits per heavy atom. The summed E-state index contributed by atoms with van der Waals surface area (Å²) in [7, 11) is 0. The molecule has 0 amide bonds. The number of carbonyl (C=O) groups excluding carboxylic acids is 1. The molecule has 8 atom stereocenters. The minimum atomic E-state index is -0.522. The lowest BCUT2D eigenvalue weighted by molar-refractivity contribution is -0.151. The lowest BCUT2D eigenvalue weighted by Gasteiger charge is -2.58. The van der Waals surface area contributed by atoms with E-state index in [2.05, 4.69) is 33.4 Å². The zero-order valence-corrected chi connectivity index (χ0v) is 20.6. The van der Waals surface area contributed by atoms with Gasteiger partial charge in [0.2, 0.25) is 0 Å². The van der Waals surface area contributed by atoms with E-state index in [0.717, 1.165) is 42.9 Å². The second-order valence-corrected chi connectivity index (χ2v) is 12.0. The molecule has 4 aliphatic rings. The van der Waals surface area contributed by atoms with E-state index in [0.29, 0.717) is 5.41 Å². The Morgan fingerprint density at radius 1 is 1.16 bits per heavy atom. The largest absolute Gasteiger partial charge is 0.457 e. The lowest BCUT2D eigenvalue weighted by Crippen LogP contribution is -2.51. The summed E-state index contributed by atoms with van der Waals surface area (Å²) in [5, 5.41) is 0. The number of esters is 1. The van der Waals surface area contributed by atoms with Crippen molar-refractivity contribution in [2.75, 3.05) is 0 Å². The molecule has 0 aromatic carbocycles. The van der Waals surface area contributed by atoms with E-state index in [9.17, 15) is 4.79 Å². The molecule has 0 spiro atoms. The van der Waals surface area contributed by atoms with Crippen LogP contribution >= 0.6 is 0 Å². The minimum Gasteiger partial charge on any atom is -0.457 e. The number of allylic oxidation sites excluding steroid dienone is 2. The summed E-state index contributed by atoms with van der Waals surface area (Å²) in [6.45, 7) is 15.8. The van der Waals surface area contributed by atoms with E-state index in [1.54, 1.807) is 5.57 Å². The van der Waals surface area contributed by atoms with Crippen LogP contribution in [-0.2, 0) is 9.53 Å². The van der Waals surface area contributed by atoms with Crippen molar-refractivity contribution in [1.82, 2.24) is 0 Å². The van der Waals surface area contributed by atoms with Gasteiger partial charge >= 0.3 is 5.97 Å². The van der Waals surface area contributed by atoms with Crippen LogP contribution in [0.3, 0.4) is 0 Å². The van der Waals surface area contributed by atoms with Crippen molar-refractivity contribution in [2.24, 2.45) is 46.2 Å². The number of hydrogen-bond donors (Lipinski definition) is 1. The van der Waals surface area contributed by atoms with Crippen molar-refractivity contribution in [3.05, 3.63) is 23.8 Å². The molecule has 0 aromatic heterocycles.